The molecule has 0 aromatic heterocycles. The second kappa shape index (κ2) is 7.73. The van der Waals surface area contributed by atoms with Gasteiger partial charge in [0.2, 0.25) is 0 Å². The summed E-state index contributed by atoms with van der Waals surface area (Å²) in [5.74, 6) is -0.846. The highest BCUT2D eigenvalue weighted by molar-refractivity contribution is 7.80. The van der Waals surface area contributed by atoms with Crippen molar-refractivity contribution in [3.05, 3.63) is 35.5 Å². The van der Waals surface area contributed by atoms with Crippen LogP contribution < -0.4 is 10.1 Å². The zero-order valence-electron chi connectivity index (χ0n) is 12.7. The van der Waals surface area contributed by atoms with Gasteiger partial charge in [0.25, 0.3) is 5.91 Å². The van der Waals surface area contributed by atoms with Crippen LogP contribution in [0.5, 0.6) is 5.75 Å². The molecule has 1 fully saturated rings. The molecule has 2 N–H and O–H groups in total. The first kappa shape index (κ1) is 17.0. The van der Waals surface area contributed by atoms with E-state index in [1.165, 1.54) is 4.90 Å². The van der Waals surface area contributed by atoms with Gasteiger partial charge in [0.15, 0.2) is 11.7 Å². The van der Waals surface area contributed by atoms with E-state index < -0.39 is 12.6 Å². The normalized spacial score (nSPS) is 15.9. The lowest BCUT2D eigenvalue weighted by molar-refractivity contribution is -0.139. The molecule has 1 heterocycles. The predicted molar refractivity (Wildman–Crippen MR) is 89.9 cm³/mol. The van der Waals surface area contributed by atoms with Crippen molar-refractivity contribution in [3.63, 3.8) is 0 Å². The van der Waals surface area contributed by atoms with E-state index in [-0.39, 0.29) is 5.91 Å². The molecule has 0 unspecified atom stereocenters. The zero-order valence-corrected chi connectivity index (χ0v) is 13.6. The Kier molecular flexibility index (Phi) is 5.70. The van der Waals surface area contributed by atoms with E-state index in [4.69, 9.17) is 22.1 Å². The van der Waals surface area contributed by atoms with E-state index >= 15 is 0 Å². The molecule has 122 valence electrons. The summed E-state index contributed by atoms with van der Waals surface area (Å²) in [7, 11) is 0. The zero-order chi connectivity index (χ0) is 16.8. The number of carbonyl (C=O) groups is 2. The third-order valence-corrected chi connectivity index (χ3v) is 3.59. The van der Waals surface area contributed by atoms with Crippen molar-refractivity contribution >= 4 is 35.3 Å². The van der Waals surface area contributed by atoms with Gasteiger partial charge in [-0.05, 0) is 30.8 Å². The topological polar surface area (TPSA) is 78.9 Å². The number of rotatable bonds is 7. The van der Waals surface area contributed by atoms with Crippen LogP contribution >= 0.6 is 12.2 Å². The molecule has 0 saturated carbocycles. The molecule has 1 aromatic carbocycles. The van der Waals surface area contributed by atoms with Crippen LogP contribution in [0.15, 0.2) is 30.0 Å². The third-order valence-electron chi connectivity index (χ3n) is 3.27. The van der Waals surface area contributed by atoms with E-state index in [2.05, 4.69) is 5.32 Å². The van der Waals surface area contributed by atoms with Gasteiger partial charge in [-0.3, -0.25) is 9.69 Å². The lowest BCUT2D eigenvalue weighted by Crippen LogP contribution is -2.31. The molecule has 0 spiro atoms. The minimum atomic E-state index is -1.06. The Hall–Kier alpha value is -2.41. The Morgan fingerprint density at radius 2 is 2.17 bits per heavy atom. The number of nitrogens with one attached hydrogen (secondary N) is 1. The fourth-order valence-electron chi connectivity index (χ4n) is 2.12. The number of hydrogen-bond acceptors (Lipinski definition) is 4. The van der Waals surface area contributed by atoms with Crippen LogP contribution in [0.3, 0.4) is 0 Å². The van der Waals surface area contributed by atoms with Gasteiger partial charge in [0.05, 0.1) is 0 Å². The summed E-state index contributed by atoms with van der Waals surface area (Å²) in [5.41, 5.74) is 0.974. The Labute approximate surface area is 139 Å². The van der Waals surface area contributed by atoms with Crippen LogP contribution in [0.4, 0.5) is 0 Å². The number of hydrogen-bond donors (Lipinski definition) is 2. The van der Waals surface area contributed by atoms with Gasteiger partial charge in [0, 0.05) is 12.1 Å². The predicted octanol–water partition coefficient (Wildman–Crippen LogP) is 2.01. The van der Waals surface area contributed by atoms with Crippen LogP contribution in [0.25, 0.3) is 6.08 Å². The molecule has 0 aliphatic carbocycles. The summed E-state index contributed by atoms with van der Waals surface area (Å²) in [6, 6.07) is 6.92. The smallest absolute Gasteiger partial charge is 0.341 e. The summed E-state index contributed by atoms with van der Waals surface area (Å²) in [5, 5.41) is 12.0. The van der Waals surface area contributed by atoms with Gasteiger partial charge < -0.3 is 15.2 Å². The Balaban J connectivity index is 2.20. The first-order valence-corrected chi connectivity index (χ1v) is 7.72. The molecule has 0 radical (unpaired) electrons. The summed E-state index contributed by atoms with van der Waals surface area (Å²) in [6.45, 7) is 2.18. The standard InChI is InChI=1S/C16H18N2O4S/c1-2-3-8-18-15(21)12(17-16(18)23)9-11-6-4-5-7-13(11)22-10-14(19)20/h4-7,9H,2-3,8,10H2,1H3,(H,17,23)(H,19,20)/b12-9-. The van der Waals surface area contributed by atoms with Crippen LogP contribution in [0, 0.1) is 0 Å². The number of unbranched alkanes of at least 4 members (excludes halogenated alkanes) is 1. The highest BCUT2D eigenvalue weighted by atomic mass is 32.1. The van der Waals surface area contributed by atoms with E-state index in [9.17, 15) is 9.59 Å². The number of thiocarbonyl (C=S) groups is 1. The average Bonchev–Trinajstić information content (AvgIpc) is 2.78. The van der Waals surface area contributed by atoms with Crippen molar-refractivity contribution in [2.45, 2.75) is 19.8 Å². The number of ether oxygens (including phenoxy) is 1. The molecule has 7 heteroatoms. The van der Waals surface area contributed by atoms with Crippen LogP contribution in [-0.2, 0) is 9.59 Å². The molecular weight excluding hydrogens is 316 g/mol. The maximum absolute atomic E-state index is 12.4. The van der Waals surface area contributed by atoms with Gasteiger partial charge in [-0.2, -0.15) is 0 Å². The molecule has 1 aliphatic heterocycles. The van der Waals surface area contributed by atoms with Crippen LogP contribution in [-0.4, -0.2) is 40.1 Å². The minimum absolute atomic E-state index is 0.184. The summed E-state index contributed by atoms with van der Waals surface area (Å²) < 4.78 is 5.23. The Morgan fingerprint density at radius 3 is 2.87 bits per heavy atom. The average molecular weight is 334 g/mol. The van der Waals surface area contributed by atoms with Gasteiger partial charge in [-0.1, -0.05) is 31.5 Å². The summed E-state index contributed by atoms with van der Waals surface area (Å²) in [4.78, 5) is 24.5. The van der Waals surface area contributed by atoms with Gasteiger partial charge >= 0.3 is 5.97 Å². The first-order chi connectivity index (χ1) is 11.0. The Morgan fingerprint density at radius 1 is 1.43 bits per heavy atom. The molecule has 23 heavy (non-hydrogen) atoms. The summed E-state index contributed by atoms with van der Waals surface area (Å²) in [6.07, 6.45) is 3.47. The van der Waals surface area contributed by atoms with Crippen molar-refractivity contribution in [1.82, 2.24) is 10.2 Å². The molecule has 1 saturated heterocycles. The Bertz CT molecular complexity index is 657. The maximum atomic E-state index is 12.4. The van der Waals surface area contributed by atoms with Crippen molar-refractivity contribution in [2.75, 3.05) is 13.2 Å². The van der Waals surface area contributed by atoms with Crippen LogP contribution in [0.2, 0.25) is 0 Å². The lowest BCUT2D eigenvalue weighted by atomic mass is 10.1. The highest BCUT2D eigenvalue weighted by Crippen LogP contribution is 2.22. The number of carboxylic acid groups (broad SMARTS) is 1. The summed E-state index contributed by atoms with van der Waals surface area (Å²) >= 11 is 5.19. The number of carboxylic acids is 1. The van der Waals surface area contributed by atoms with E-state index in [0.29, 0.717) is 28.7 Å². The van der Waals surface area contributed by atoms with Crippen molar-refractivity contribution in [3.8, 4) is 5.75 Å². The second-order valence-corrected chi connectivity index (χ2v) is 5.41. The molecule has 0 atom stereocenters. The van der Waals surface area contributed by atoms with E-state index in [1.807, 2.05) is 6.92 Å². The van der Waals surface area contributed by atoms with E-state index in [1.54, 1.807) is 30.3 Å². The number of amides is 1. The van der Waals surface area contributed by atoms with Crippen molar-refractivity contribution in [2.24, 2.45) is 0 Å². The monoisotopic (exact) mass is 334 g/mol. The molecule has 2 rings (SSSR count). The molecule has 6 nitrogen and oxygen atoms in total. The number of benzene rings is 1. The molecule has 0 bridgehead atoms. The van der Waals surface area contributed by atoms with Gasteiger partial charge in [0.1, 0.15) is 11.4 Å². The maximum Gasteiger partial charge on any atom is 0.341 e. The second-order valence-electron chi connectivity index (χ2n) is 5.02. The first-order valence-electron chi connectivity index (χ1n) is 7.31. The number of aliphatic carboxylic acids is 1. The molecule has 1 aromatic rings. The molecular formula is C16H18N2O4S. The quantitative estimate of drug-likeness (QED) is 0.587. The van der Waals surface area contributed by atoms with E-state index in [0.717, 1.165) is 12.8 Å². The number of carbonyl (C=O) groups excluding carboxylic acids is 1. The molecule has 1 amide bonds. The van der Waals surface area contributed by atoms with Crippen molar-refractivity contribution < 1.29 is 19.4 Å². The fourth-order valence-corrected chi connectivity index (χ4v) is 2.40. The minimum Gasteiger partial charge on any atom is -0.481 e. The highest BCUT2D eigenvalue weighted by Gasteiger charge is 2.30. The number of nitrogens with zero attached hydrogens (tertiary/aromatic N) is 1. The van der Waals surface area contributed by atoms with Crippen LogP contribution in [0.1, 0.15) is 25.3 Å². The third kappa shape index (κ3) is 4.29. The molecule has 1 aliphatic rings. The van der Waals surface area contributed by atoms with Crippen molar-refractivity contribution in [1.29, 1.82) is 0 Å². The largest absolute Gasteiger partial charge is 0.481 e. The SMILES string of the molecule is CCCCN1C(=O)/C(=C/c2ccccc2OCC(=O)O)NC1=S. The fraction of sp³-hybridized carbons (Fsp3) is 0.312. The van der Waals surface area contributed by atoms with Gasteiger partial charge in [-0.25, -0.2) is 4.79 Å². The lowest BCUT2D eigenvalue weighted by Gasteiger charge is -2.12. The van der Waals surface area contributed by atoms with Gasteiger partial charge in [-0.15, -0.1) is 0 Å². The number of para-hydroxylation sites is 1.